The molecule has 5 heteroatoms. The van der Waals surface area contributed by atoms with Crippen LogP contribution in [0.15, 0.2) is 34.9 Å². The van der Waals surface area contributed by atoms with Crippen LogP contribution >= 0.6 is 11.6 Å². The SMILES string of the molecule is COc1cc(Cl)cc(CNCc2ccco2)c1OC. The molecule has 102 valence electrons. The summed E-state index contributed by atoms with van der Waals surface area (Å²) >= 11 is 6.05. The number of benzene rings is 1. The minimum Gasteiger partial charge on any atom is -0.493 e. The summed E-state index contributed by atoms with van der Waals surface area (Å²) in [7, 11) is 3.20. The summed E-state index contributed by atoms with van der Waals surface area (Å²) in [5.74, 6) is 2.21. The molecule has 1 heterocycles. The Hall–Kier alpha value is -1.65. The third kappa shape index (κ3) is 3.43. The first-order valence-electron chi connectivity index (χ1n) is 5.88. The van der Waals surface area contributed by atoms with Gasteiger partial charge in [-0.25, -0.2) is 0 Å². The van der Waals surface area contributed by atoms with Crippen LogP contribution in [0.2, 0.25) is 5.02 Å². The van der Waals surface area contributed by atoms with Crippen molar-refractivity contribution in [2.24, 2.45) is 0 Å². The third-order valence-electron chi connectivity index (χ3n) is 2.72. The van der Waals surface area contributed by atoms with Crippen molar-refractivity contribution in [2.75, 3.05) is 14.2 Å². The standard InChI is InChI=1S/C14H16ClNO3/c1-17-13-7-11(15)6-10(14(13)18-2)8-16-9-12-4-3-5-19-12/h3-7,16H,8-9H2,1-2H3. The molecule has 0 bridgehead atoms. The van der Waals surface area contributed by atoms with Crippen molar-refractivity contribution in [2.45, 2.75) is 13.1 Å². The van der Waals surface area contributed by atoms with Gasteiger partial charge in [-0.2, -0.15) is 0 Å². The molecule has 1 aromatic carbocycles. The summed E-state index contributed by atoms with van der Waals surface area (Å²) < 4.78 is 15.9. The van der Waals surface area contributed by atoms with Gasteiger partial charge >= 0.3 is 0 Å². The van der Waals surface area contributed by atoms with Gasteiger partial charge in [0.2, 0.25) is 0 Å². The topological polar surface area (TPSA) is 43.6 Å². The lowest BCUT2D eigenvalue weighted by Gasteiger charge is -2.13. The molecular formula is C14H16ClNO3. The largest absolute Gasteiger partial charge is 0.493 e. The maximum absolute atomic E-state index is 6.05. The number of hydrogen-bond acceptors (Lipinski definition) is 4. The molecule has 0 unspecified atom stereocenters. The Balaban J connectivity index is 2.08. The highest BCUT2D eigenvalue weighted by Crippen LogP contribution is 2.34. The molecule has 0 radical (unpaired) electrons. The zero-order valence-corrected chi connectivity index (χ0v) is 11.7. The van der Waals surface area contributed by atoms with Gasteiger partial charge in [0.05, 0.1) is 27.0 Å². The summed E-state index contributed by atoms with van der Waals surface area (Å²) in [6.45, 7) is 1.26. The molecule has 0 aliphatic rings. The summed E-state index contributed by atoms with van der Waals surface area (Å²) in [4.78, 5) is 0. The van der Waals surface area contributed by atoms with Crippen LogP contribution in [0, 0.1) is 0 Å². The maximum Gasteiger partial charge on any atom is 0.165 e. The second kappa shape index (κ2) is 6.50. The van der Waals surface area contributed by atoms with E-state index in [1.54, 1.807) is 26.5 Å². The molecule has 2 aromatic rings. The van der Waals surface area contributed by atoms with Gasteiger partial charge in [-0.15, -0.1) is 0 Å². The van der Waals surface area contributed by atoms with Gasteiger partial charge in [0, 0.05) is 23.2 Å². The van der Waals surface area contributed by atoms with E-state index in [-0.39, 0.29) is 0 Å². The van der Waals surface area contributed by atoms with E-state index in [9.17, 15) is 0 Å². The fourth-order valence-electron chi connectivity index (χ4n) is 1.87. The summed E-state index contributed by atoms with van der Waals surface area (Å²) in [5.41, 5.74) is 0.943. The zero-order chi connectivity index (χ0) is 13.7. The fourth-order valence-corrected chi connectivity index (χ4v) is 2.10. The van der Waals surface area contributed by atoms with Crippen molar-refractivity contribution in [3.8, 4) is 11.5 Å². The Morgan fingerprint density at radius 1 is 1.21 bits per heavy atom. The zero-order valence-electron chi connectivity index (χ0n) is 10.9. The van der Waals surface area contributed by atoms with Crippen LogP contribution in [0.3, 0.4) is 0 Å². The lowest BCUT2D eigenvalue weighted by atomic mass is 10.2. The van der Waals surface area contributed by atoms with E-state index in [0.29, 0.717) is 29.6 Å². The maximum atomic E-state index is 6.05. The lowest BCUT2D eigenvalue weighted by molar-refractivity contribution is 0.350. The van der Waals surface area contributed by atoms with Crippen molar-refractivity contribution in [3.05, 3.63) is 46.9 Å². The fraction of sp³-hybridized carbons (Fsp3) is 0.286. The van der Waals surface area contributed by atoms with Gasteiger partial charge in [0.25, 0.3) is 0 Å². The Kier molecular flexibility index (Phi) is 4.71. The molecule has 0 atom stereocenters. The van der Waals surface area contributed by atoms with Crippen LogP contribution in [-0.2, 0) is 13.1 Å². The van der Waals surface area contributed by atoms with E-state index in [0.717, 1.165) is 11.3 Å². The number of methoxy groups -OCH3 is 2. The monoisotopic (exact) mass is 281 g/mol. The van der Waals surface area contributed by atoms with Crippen LogP contribution in [0.1, 0.15) is 11.3 Å². The van der Waals surface area contributed by atoms with Gasteiger partial charge in [-0.05, 0) is 18.2 Å². The van der Waals surface area contributed by atoms with Crippen molar-refractivity contribution in [1.82, 2.24) is 5.32 Å². The molecule has 19 heavy (non-hydrogen) atoms. The quantitative estimate of drug-likeness (QED) is 0.883. The first kappa shape index (κ1) is 13.8. The van der Waals surface area contributed by atoms with Crippen molar-refractivity contribution >= 4 is 11.6 Å². The predicted molar refractivity (Wildman–Crippen MR) is 73.8 cm³/mol. The van der Waals surface area contributed by atoms with E-state index < -0.39 is 0 Å². The van der Waals surface area contributed by atoms with Crippen molar-refractivity contribution in [1.29, 1.82) is 0 Å². The van der Waals surface area contributed by atoms with Crippen LogP contribution in [0.25, 0.3) is 0 Å². The number of halogens is 1. The minimum atomic E-state index is 0.612. The van der Waals surface area contributed by atoms with Crippen molar-refractivity contribution < 1.29 is 13.9 Å². The van der Waals surface area contributed by atoms with Gasteiger partial charge in [-0.3, -0.25) is 0 Å². The Bertz CT molecular complexity index is 526. The van der Waals surface area contributed by atoms with Crippen LogP contribution in [0.5, 0.6) is 11.5 Å². The highest BCUT2D eigenvalue weighted by Gasteiger charge is 2.11. The Morgan fingerprint density at radius 3 is 2.68 bits per heavy atom. The van der Waals surface area contributed by atoms with Gasteiger partial charge in [0.1, 0.15) is 5.76 Å². The smallest absolute Gasteiger partial charge is 0.165 e. The second-order valence-electron chi connectivity index (χ2n) is 3.98. The average molecular weight is 282 g/mol. The van der Waals surface area contributed by atoms with Gasteiger partial charge < -0.3 is 19.2 Å². The second-order valence-corrected chi connectivity index (χ2v) is 4.42. The molecule has 0 fully saturated rings. The van der Waals surface area contributed by atoms with E-state index in [4.69, 9.17) is 25.5 Å². The molecule has 0 amide bonds. The lowest BCUT2D eigenvalue weighted by Crippen LogP contribution is -2.13. The normalized spacial score (nSPS) is 10.5. The summed E-state index contributed by atoms with van der Waals surface area (Å²) in [5, 5.41) is 3.89. The molecule has 4 nitrogen and oxygen atoms in total. The Morgan fingerprint density at radius 2 is 2.05 bits per heavy atom. The number of furan rings is 1. The van der Waals surface area contributed by atoms with Gasteiger partial charge in [-0.1, -0.05) is 11.6 Å². The number of nitrogens with one attached hydrogen (secondary N) is 1. The number of rotatable bonds is 6. The molecular weight excluding hydrogens is 266 g/mol. The average Bonchev–Trinajstić information content (AvgIpc) is 2.91. The molecule has 0 spiro atoms. The van der Waals surface area contributed by atoms with E-state index in [1.807, 2.05) is 18.2 Å². The summed E-state index contributed by atoms with van der Waals surface area (Å²) in [6.07, 6.45) is 1.65. The third-order valence-corrected chi connectivity index (χ3v) is 2.93. The summed E-state index contributed by atoms with van der Waals surface area (Å²) in [6, 6.07) is 7.37. The molecule has 0 saturated heterocycles. The Labute approximate surface area is 117 Å². The van der Waals surface area contributed by atoms with E-state index in [2.05, 4.69) is 5.32 Å². The minimum absolute atomic E-state index is 0.612. The van der Waals surface area contributed by atoms with Crippen LogP contribution < -0.4 is 14.8 Å². The number of hydrogen-bond donors (Lipinski definition) is 1. The molecule has 0 aliphatic carbocycles. The highest BCUT2D eigenvalue weighted by molar-refractivity contribution is 6.30. The molecule has 0 saturated carbocycles. The molecule has 1 N–H and O–H groups in total. The van der Waals surface area contributed by atoms with Gasteiger partial charge in [0.15, 0.2) is 11.5 Å². The number of ether oxygens (including phenoxy) is 2. The van der Waals surface area contributed by atoms with Crippen LogP contribution in [-0.4, -0.2) is 14.2 Å². The molecule has 0 aliphatic heterocycles. The first-order valence-corrected chi connectivity index (χ1v) is 6.26. The van der Waals surface area contributed by atoms with E-state index in [1.165, 1.54) is 0 Å². The highest BCUT2D eigenvalue weighted by atomic mass is 35.5. The van der Waals surface area contributed by atoms with Crippen LogP contribution in [0.4, 0.5) is 0 Å². The van der Waals surface area contributed by atoms with Crippen molar-refractivity contribution in [3.63, 3.8) is 0 Å². The first-order chi connectivity index (χ1) is 9.24. The van der Waals surface area contributed by atoms with E-state index >= 15 is 0 Å². The predicted octanol–water partition coefficient (Wildman–Crippen LogP) is 3.24. The molecule has 1 aromatic heterocycles. The molecule has 2 rings (SSSR count).